The normalized spacial score (nSPS) is 10.4. The molecule has 0 heterocycles. The van der Waals surface area contributed by atoms with Crippen molar-refractivity contribution < 1.29 is 9.47 Å². The molecule has 3 nitrogen and oxygen atoms in total. The van der Waals surface area contributed by atoms with Crippen molar-refractivity contribution in [2.45, 2.75) is 13.5 Å². The Morgan fingerprint density at radius 1 is 1.18 bits per heavy atom. The molecule has 6 heteroatoms. The maximum absolute atomic E-state index is 6.17. The van der Waals surface area contributed by atoms with Gasteiger partial charge in [-0.3, -0.25) is 0 Å². The number of hydrogen-bond donors (Lipinski definition) is 1. The van der Waals surface area contributed by atoms with Gasteiger partial charge in [0.2, 0.25) is 0 Å². The molecule has 0 unspecified atom stereocenters. The summed E-state index contributed by atoms with van der Waals surface area (Å²) in [5, 5.41) is 4.52. The minimum Gasteiger partial charge on any atom is -0.493 e. The average Bonchev–Trinajstić information content (AvgIpc) is 2.50. The first-order chi connectivity index (χ1) is 10.5. The molecule has 0 atom stereocenters. The predicted octanol–water partition coefficient (Wildman–Crippen LogP) is 5.78. The van der Waals surface area contributed by atoms with E-state index in [-0.39, 0.29) is 0 Å². The zero-order chi connectivity index (χ0) is 16.1. The molecular weight excluding hydrogens is 389 g/mol. The largest absolute Gasteiger partial charge is 0.493 e. The van der Waals surface area contributed by atoms with Crippen LogP contribution in [0.3, 0.4) is 0 Å². The summed E-state index contributed by atoms with van der Waals surface area (Å²) in [5.74, 6) is 1.41. The first-order valence-electron chi connectivity index (χ1n) is 6.73. The van der Waals surface area contributed by atoms with Gasteiger partial charge in [0.1, 0.15) is 0 Å². The third-order valence-electron chi connectivity index (χ3n) is 3.00. The number of methoxy groups -OCH3 is 1. The topological polar surface area (TPSA) is 30.5 Å². The molecule has 0 aliphatic carbocycles. The van der Waals surface area contributed by atoms with Gasteiger partial charge >= 0.3 is 0 Å². The molecule has 0 fully saturated rings. The van der Waals surface area contributed by atoms with Crippen LogP contribution < -0.4 is 14.8 Å². The van der Waals surface area contributed by atoms with E-state index in [2.05, 4.69) is 21.2 Å². The van der Waals surface area contributed by atoms with Crippen LogP contribution in [0.4, 0.5) is 5.69 Å². The zero-order valence-electron chi connectivity index (χ0n) is 12.3. The number of rotatable bonds is 6. The van der Waals surface area contributed by atoms with Crippen LogP contribution in [0.25, 0.3) is 0 Å². The van der Waals surface area contributed by atoms with Crippen LogP contribution in [0.1, 0.15) is 12.5 Å². The van der Waals surface area contributed by atoms with Gasteiger partial charge < -0.3 is 14.8 Å². The van der Waals surface area contributed by atoms with Gasteiger partial charge in [-0.05, 0) is 37.3 Å². The summed E-state index contributed by atoms with van der Waals surface area (Å²) in [6, 6.07) is 9.17. The minimum absolute atomic E-state index is 0.533. The van der Waals surface area contributed by atoms with Crippen LogP contribution in [0.2, 0.25) is 10.0 Å². The smallest absolute Gasteiger partial charge is 0.166 e. The van der Waals surface area contributed by atoms with Crippen molar-refractivity contribution in [2.75, 3.05) is 19.0 Å². The molecule has 2 rings (SSSR count). The third-order valence-corrected chi connectivity index (χ3v) is 4.03. The highest BCUT2D eigenvalue weighted by Gasteiger charge is 2.13. The highest BCUT2D eigenvalue weighted by Crippen LogP contribution is 2.36. The van der Waals surface area contributed by atoms with Crippen molar-refractivity contribution in [1.29, 1.82) is 0 Å². The molecule has 0 spiro atoms. The second-order valence-corrected chi connectivity index (χ2v) is 6.27. The summed E-state index contributed by atoms with van der Waals surface area (Å²) in [6.07, 6.45) is 0. The van der Waals surface area contributed by atoms with Crippen molar-refractivity contribution in [2.24, 2.45) is 0 Å². The van der Waals surface area contributed by atoms with Crippen molar-refractivity contribution in [3.8, 4) is 11.5 Å². The van der Waals surface area contributed by atoms with Crippen molar-refractivity contribution in [3.63, 3.8) is 0 Å². The lowest BCUT2D eigenvalue weighted by atomic mass is 10.1. The average molecular weight is 405 g/mol. The Hall–Kier alpha value is -1.10. The summed E-state index contributed by atoms with van der Waals surface area (Å²) >= 11 is 15.6. The Morgan fingerprint density at radius 2 is 1.95 bits per heavy atom. The van der Waals surface area contributed by atoms with Crippen molar-refractivity contribution >= 4 is 44.8 Å². The van der Waals surface area contributed by atoms with Gasteiger partial charge in [0.15, 0.2) is 11.5 Å². The molecular formula is C16H16BrCl2NO2. The van der Waals surface area contributed by atoms with E-state index < -0.39 is 0 Å². The van der Waals surface area contributed by atoms with E-state index in [4.69, 9.17) is 32.7 Å². The molecule has 0 bridgehead atoms. The number of halogens is 3. The Labute approximate surface area is 148 Å². The quantitative estimate of drug-likeness (QED) is 0.662. The molecule has 0 amide bonds. The maximum Gasteiger partial charge on any atom is 0.166 e. The highest BCUT2D eigenvalue weighted by molar-refractivity contribution is 9.10. The van der Waals surface area contributed by atoms with E-state index in [0.717, 1.165) is 21.5 Å². The van der Waals surface area contributed by atoms with Crippen LogP contribution in [0.5, 0.6) is 11.5 Å². The van der Waals surface area contributed by atoms with E-state index in [9.17, 15) is 0 Å². The minimum atomic E-state index is 0.533. The van der Waals surface area contributed by atoms with E-state index >= 15 is 0 Å². The first-order valence-corrected chi connectivity index (χ1v) is 8.28. The summed E-state index contributed by atoms with van der Waals surface area (Å²) in [5.41, 5.74) is 1.74. The number of ether oxygens (including phenoxy) is 2. The molecule has 118 valence electrons. The summed E-state index contributed by atoms with van der Waals surface area (Å²) in [6.45, 7) is 3.03. The third kappa shape index (κ3) is 4.22. The van der Waals surface area contributed by atoms with Gasteiger partial charge in [-0.2, -0.15) is 0 Å². The standard InChI is InChI=1S/C16H16BrCl2NO2/c1-3-22-16-10(6-11(17)7-15(16)21-2)9-20-14-8-12(18)4-5-13(14)19/h4-8,20H,3,9H2,1-2H3. The van der Waals surface area contributed by atoms with Gasteiger partial charge in [-0.15, -0.1) is 0 Å². The lowest BCUT2D eigenvalue weighted by Crippen LogP contribution is -2.05. The van der Waals surface area contributed by atoms with Gasteiger partial charge in [-0.1, -0.05) is 39.1 Å². The Balaban J connectivity index is 2.28. The molecule has 0 aliphatic heterocycles. The number of anilines is 1. The van der Waals surface area contributed by atoms with Gasteiger partial charge in [-0.25, -0.2) is 0 Å². The van der Waals surface area contributed by atoms with Crippen LogP contribution in [-0.4, -0.2) is 13.7 Å². The lowest BCUT2D eigenvalue weighted by Gasteiger charge is -2.16. The Kier molecular flexibility index (Phi) is 6.24. The summed E-state index contributed by atoms with van der Waals surface area (Å²) in [7, 11) is 1.62. The zero-order valence-corrected chi connectivity index (χ0v) is 15.3. The van der Waals surface area contributed by atoms with Crippen LogP contribution in [0, 0.1) is 0 Å². The van der Waals surface area contributed by atoms with Gasteiger partial charge in [0.05, 0.1) is 24.4 Å². The Morgan fingerprint density at radius 3 is 2.64 bits per heavy atom. The monoisotopic (exact) mass is 403 g/mol. The van der Waals surface area contributed by atoms with Crippen LogP contribution >= 0.6 is 39.1 Å². The van der Waals surface area contributed by atoms with Crippen LogP contribution in [0.15, 0.2) is 34.8 Å². The number of hydrogen-bond acceptors (Lipinski definition) is 3. The predicted molar refractivity (Wildman–Crippen MR) is 95.7 cm³/mol. The van der Waals surface area contributed by atoms with E-state index in [1.807, 2.05) is 19.1 Å². The molecule has 0 saturated carbocycles. The van der Waals surface area contributed by atoms with Gasteiger partial charge in [0.25, 0.3) is 0 Å². The fraction of sp³-hybridized carbons (Fsp3) is 0.250. The molecule has 2 aromatic carbocycles. The SMILES string of the molecule is CCOc1c(CNc2cc(Cl)ccc2Cl)cc(Br)cc1OC. The number of nitrogens with one attached hydrogen (secondary N) is 1. The molecule has 2 aromatic rings. The molecule has 0 saturated heterocycles. The second kappa shape index (κ2) is 7.95. The van der Waals surface area contributed by atoms with Gasteiger partial charge in [0, 0.05) is 21.6 Å². The van der Waals surface area contributed by atoms with Crippen LogP contribution in [-0.2, 0) is 6.54 Å². The molecule has 0 radical (unpaired) electrons. The fourth-order valence-corrected chi connectivity index (χ4v) is 2.88. The van der Waals surface area contributed by atoms with Crippen molar-refractivity contribution in [3.05, 3.63) is 50.4 Å². The summed E-state index contributed by atoms with van der Waals surface area (Å²) < 4.78 is 12.0. The first kappa shape index (κ1) is 17.3. The van der Waals surface area contributed by atoms with E-state index in [1.54, 1.807) is 25.3 Å². The van der Waals surface area contributed by atoms with Crippen molar-refractivity contribution in [1.82, 2.24) is 0 Å². The number of benzene rings is 2. The fourth-order valence-electron chi connectivity index (χ4n) is 2.04. The maximum atomic E-state index is 6.17. The summed E-state index contributed by atoms with van der Waals surface area (Å²) in [4.78, 5) is 0. The van der Waals surface area contributed by atoms with E-state index in [1.165, 1.54) is 0 Å². The molecule has 22 heavy (non-hydrogen) atoms. The molecule has 1 N–H and O–H groups in total. The van der Waals surface area contributed by atoms with E-state index in [0.29, 0.717) is 28.9 Å². The molecule has 0 aliphatic rings. The molecule has 0 aromatic heterocycles. The highest BCUT2D eigenvalue weighted by atomic mass is 79.9. The lowest BCUT2D eigenvalue weighted by molar-refractivity contribution is 0.308. The second-order valence-electron chi connectivity index (χ2n) is 4.51. The Bertz CT molecular complexity index is 665.